The first-order chi connectivity index (χ1) is 14.4. The van der Waals surface area contributed by atoms with Crippen LogP contribution in [0.1, 0.15) is 45.2 Å². The van der Waals surface area contributed by atoms with Crippen molar-refractivity contribution < 1.29 is 14.3 Å². The van der Waals surface area contributed by atoms with Gasteiger partial charge in [-0.3, -0.25) is 9.59 Å². The SMILES string of the molecule is COc1cc(-c2nnc(CCC(=O)N(C)C(C)C)c(=O)[nH]2)ccc1OCC1CCC1. The maximum atomic E-state index is 12.4. The van der Waals surface area contributed by atoms with E-state index in [-0.39, 0.29) is 36.0 Å². The van der Waals surface area contributed by atoms with Crippen molar-refractivity contribution in [3.8, 4) is 22.9 Å². The normalized spacial score (nSPS) is 13.8. The molecule has 1 amide bonds. The Balaban J connectivity index is 1.69. The van der Waals surface area contributed by atoms with E-state index in [1.165, 1.54) is 19.3 Å². The van der Waals surface area contributed by atoms with Crippen molar-refractivity contribution >= 4 is 5.91 Å². The third-order valence-electron chi connectivity index (χ3n) is 5.64. The molecule has 162 valence electrons. The number of aromatic nitrogens is 3. The number of nitrogens with one attached hydrogen (secondary N) is 1. The number of methoxy groups -OCH3 is 1. The van der Waals surface area contributed by atoms with Gasteiger partial charge >= 0.3 is 0 Å². The predicted molar refractivity (Wildman–Crippen MR) is 114 cm³/mol. The molecule has 1 aromatic carbocycles. The van der Waals surface area contributed by atoms with Gasteiger partial charge in [-0.05, 0) is 50.8 Å². The number of nitrogens with zero attached hydrogens (tertiary/aromatic N) is 3. The highest BCUT2D eigenvalue weighted by Gasteiger charge is 2.19. The van der Waals surface area contributed by atoms with Gasteiger partial charge in [-0.2, -0.15) is 0 Å². The summed E-state index contributed by atoms with van der Waals surface area (Å²) in [4.78, 5) is 29.0. The molecule has 1 saturated carbocycles. The Morgan fingerprint density at radius 3 is 2.63 bits per heavy atom. The summed E-state index contributed by atoms with van der Waals surface area (Å²) in [7, 11) is 3.33. The first kappa shape index (κ1) is 21.8. The van der Waals surface area contributed by atoms with Crippen molar-refractivity contribution in [2.24, 2.45) is 5.92 Å². The average molecular weight is 415 g/mol. The fourth-order valence-corrected chi connectivity index (χ4v) is 3.14. The van der Waals surface area contributed by atoms with Gasteiger partial charge in [0.25, 0.3) is 5.56 Å². The third-order valence-corrected chi connectivity index (χ3v) is 5.64. The number of ether oxygens (including phenoxy) is 2. The first-order valence-electron chi connectivity index (χ1n) is 10.4. The van der Waals surface area contributed by atoms with Gasteiger partial charge in [0.05, 0.1) is 13.7 Å². The zero-order chi connectivity index (χ0) is 21.7. The van der Waals surface area contributed by atoms with Crippen molar-refractivity contribution in [1.29, 1.82) is 0 Å². The highest BCUT2D eigenvalue weighted by molar-refractivity contribution is 5.76. The van der Waals surface area contributed by atoms with E-state index in [0.717, 1.165) is 0 Å². The number of benzene rings is 1. The Morgan fingerprint density at radius 1 is 1.27 bits per heavy atom. The predicted octanol–water partition coefficient (Wildman–Crippen LogP) is 2.82. The van der Waals surface area contributed by atoms with E-state index < -0.39 is 0 Å². The maximum Gasteiger partial charge on any atom is 0.273 e. The molecule has 1 aliphatic carbocycles. The zero-order valence-electron chi connectivity index (χ0n) is 18.1. The third kappa shape index (κ3) is 5.17. The monoisotopic (exact) mass is 414 g/mol. The van der Waals surface area contributed by atoms with E-state index >= 15 is 0 Å². The summed E-state index contributed by atoms with van der Waals surface area (Å²) in [6.45, 7) is 4.57. The van der Waals surface area contributed by atoms with Crippen LogP contribution in [0.5, 0.6) is 11.5 Å². The first-order valence-corrected chi connectivity index (χ1v) is 10.4. The second-order valence-corrected chi connectivity index (χ2v) is 8.02. The molecule has 8 heteroatoms. The molecule has 0 atom stereocenters. The quantitative estimate of drug-likeness (QED) is 0.678. The lowest BCUT2D eigenvalue weighted by atomic mass is 9.86. The maximum absolute atomic E-state index is 12.4. The highest BCUT2D eigenvalue weighted by atomic mass is 16.5. The summed E-state index contributed by atoms with van der Waals surface area (Å²) in [6, 6.07) is 5.53. The van der Waals surface area contributed by atoms with Crippen LogP contribution in [0, 0.1) is 5.92 Å². The van der Waals surface area contributed by atoms with Crippen molar-refractivity contribution in [3.63, 3.8) is 0 Å². The number of aromatic amines is 1. The number of hydrogen-bond acceptors (Lipinski definition) is 6. The highest BCUT2D eigenvalue weighted by Crippen LogP contribution is 2.33. The minimum absolute atomic E-state index is 0.0301. The van der Waals surface area contributed by atoms with Crippen LogP contribution in [0.4, 0.5) is 0 Å². The molecule has 1 N–H and O–H groups in total. The Kier molecular flexibility index (Phi) is 7.07. The van der Waals surface area contributed by atoms with Crippen molar-refractivity contribution in [1.82, 2.24) is 20.1 Å². The molecule has 8 nitrogen and oxygen atoms in total. The molecule has 1 fully saturated rings. The summed E-state index contributed by atoms with van der Waals surface area (Å²) in [6.07, 6.45) is 4.16. The van der Waals surface area contributed by atoms with Crippen LogP contribution < -0.4 is 15.0 Å². The number of amides is 1. The molecule has 0 bridgehead atoms. The van der Waals surface area contributed by atoms with Crippen LogP contribution in [0.2, 0.25) is 0 Å². The minimum Gasteiger partial charge on any atom is -0.493 e. The summed E-state index contributed by atoms with van der Waals surface area (Å²) >= 11 is 0. The lowest BCUT2D eigenvalue weighted by molar-refractivity contribution is -0.131. The van der Waals surface area contributed by atoms with E-state index in [2.05, 4.69) is 15.2 Å². The van der Waals surface area contributed by atoms with Crippen LogP contribution >= 0.6 is 0 Å². The van der Waals surface area contributed by atoms with Gasteiger partial charge in [-0.15, -0.1) is 10.2 Å². The molecule has 30 heavy (non-hydrogen) atoms. The van der Waals surface area contributed by atoms with Crippen LogP contribution in [0.15, 0.2) is 23.0 Å². The fourth-order valence-electron chi connectivity index (χ4n) is 3.14. The Morgan fingerprint density at radius 2 is 2.03 bits per heavy atom. The molecule has 0 radical (unpaired) electrons. The Hall–Kier alpha value is -2.90. The molecule has 2 aromatic rings. The number of H-pyrrole nitrogens is 1. The standard InChI is InChI=1S/C22H30N4O4/c1-14(2)26(3)20(27)11-9-17-22(28)23-21(25-24-17)16-8-10-18(19(12-16)29-4)30-13-15-6-5-7-15/h8,10,12,14-15H,5-7,9,11,13H2,1-4H3,(H,23,25,28). The van der Waals surface area contributed by atoms with E-state index in [4.69, 9.17) is 9.47 Å². The molecule has 0 spiro atoms. The molecule has 0 unspecified atom stereocenters. The van der Waals surface area contributed by atoms with Crippen LogP contribution in [-0.4, -0.2) is 52.8 Å². The van der Waals surface area contributed by atoms with E-state index in [1.807, 2.05) is 26.0 Å². The van der Waals surface area contributed by atoms with Gasteiger partial charge in [0.1, 0.15) is 5.69 Å². The van der Waals surface area contributed by atoms with Crippen molar-refractivity contribution in [3.05, 3.63) is 34.2 Å². The lowest BCUT2D eigenvalue weighted by Crippen LogP contribution is -2.33. The van der Waals surface area contributed by atoms with Gasteiger partial charge in [-0.25, -0.2) is 0 Å². The molecular weight excluding hydrogens is 384 g/mol. The minimum atomic E-state index is -0.343. The zero-order valence-corrected chi connectivity index (χ0v) is 18.1. The smallest absolute Gasteiger partial charge is 0.273 e. The second-order valence-electron chi connectivity index (χ2n) is 8.02. The lowest BCUT2D eigenvalue weighted by Gasteiger charge is -2.25. The number of aryl methyl sites for hydroxylation is 1. The topological polar surface area (TPSA) is 97.4 Å². The van der Waals surface area contributed by atoms with Gasteiger partial charge in [0.2, 0.25) is 5.91 Å². The number of carbonyl (C=O) groups excluding carboxylic acids is 1. The van der Waals surface area contributed by atoms with E-state index in [9.17, 15) is 9.59 Å². The largest absolute Gasteiger partial charge is 0.493 e. The van der Waals surface area contributed by atoms with Gasteiger partial charge < -0.3 is 19.4 Å². The molecule has 1 aromatic heterocycles. The average Bonchev–Trinajstić information content (AvgIpc) is 2.70. The summed E-state index contributed by atoms with van der Waals surface area (Å²) in [5.41, 5.74) is 0.579. The molecule has 0 aliphatic heterocycles. The molecule has 1 aliphatic rings. The van der Waals surface area contributed by atoms with Crippen molar-refractivity contribution in [2.45, 2.75) is 52.0 Å². The van der Waals surface area contributed by atoms with Gasteiger partial charge in [-0.1, -0.05) is 6.42 Å². The Labute approximate surface area is 176 Å². The summed E-state index contributed by atoms with van der Waals surface area (Å²) in [5, 5.41) is 8.19. The van der Waals surface area contributed by atoms with E-state index in [1.54, 1.807) is 25.1 Å². The second kappa shape index (κ2) is 9.73. The molecular formula is C22H30N4O4. The molecule has 1 heterocycles. The number of hydrogen-bond donors (Lipinski definition) is 1. The molecule has 0 saturated heterocycles. The van der Waals surface area contributed by atoms with Gasteiger partial charge in [0, 0.05) is 31.5 Å². The number of rotatable bonds is 9. The van der Waals surface area contributed by atoms with Crippen LogP contribution in [0.3, 0.4) is 0 Å². The number of carbonyl (C=O) groups is 1. The van der Waals surface area contributed by atoms with Crippen molar-refractivity contribution in [2.75, 3.05) is 20.8 Å². The van der Waals surface area contributed by atoms with E-state index in [0.29, 0.717) is 35.4 Å². The van der Waals surface area contributed by atoms with Gasteiger partial charge in [0.15, 0.2) is 17.3 Å². The van der Waals surface area contributed by atoms with Crippen LogP contribution in [0.25, 0.3) is 11.4 Å². The summed E-state index contributed by atoms with van der Waals surface area (Å²) < 4.78 is 11.3. The molecule has 3 rings (SSSR count). The Bertz CT molecular complexity index is 937. The van der Waals surface area contributed by atoms with Crippen LogP contribution in [-0.2, 0) is 11.2 Å². The summed E-state index contributed by atoms with van der Waals surface area (Å²) in [5.74, 6) is 2.20. The fraction of sp³-hybridized carbons (Fsp3) is 0.545.